The van der Waals surface area contributed by atoms with Crippen LogP contribution in [0.4, 0.5) is 0 Å². The zero-order valence-electron chi connectivity index (χ0n) is 17.4. The van der Waals surface area contributed by atoms with Gasteiger partial charge in [0.2, 0.25) is 0 Å². The Morgan fingerprint density at radius 3 is 2.47 bits per heavy atom. The van der Waals surface area contributed by atoms with Gasteiger partial charge in [-0.15, -0.1) is 0 Å². The summed E-state index contributed by atoms with van der Waals surface area (Å²) in [5, 5.41) is 0.718. The molecule has 172 valence electrons. The highest BCUT2D eigenvalue weighted by atomic mass is 35.5. The second kappa shape index (κ2) is 12.5. The van der Waals surface area contributed by atoms with Crippen LogP contribution in [0.3, 0.4) is 0 Å². The SMILES string of the molecule is CONC1=CCCc2cc(OCCCOc3c(Cl)cc(OCC=C(Cl)Cl)cc3Cl)ccc21. The molecule has 0 fully saturated rings. The smallest absolute Gasteiger partial charge is 0.156 e. The maximum Gasteiger partial charge on any atom is 0.156 e. The van der Waals surface area contributed by atoms with E-state index in [1.54, 1.807) is 19.2 Å². The van der Waals surface area contributed by atoms with Crippen molar-refractivity contribution < 1.29 is 19.0 Å². The van der Waals surface area contributed by atoms with Gasteiger partial charge in [0.15, 0.2) is 5.75 Å². The van der Waals surface area contributed by atoms with E-state index in [9.17, 15) is 0 Å². The topological polar surface area (TPSA) is 49.0 Å². The molecular weight excluding hydrogens is 496 g/mol. The summed E-state index contributed by atoms with van der Waals surface area (Å²) in [7, 11) is 1.61. The molecule has 0 atom stereocenters. The predicted octanol–water partition coefficient (Wildman–Crippen LogP) is 6.98. The van der Waals surface area contributed by atoms with E-state index < -0.39 is 0 Å². The van der Waals surface area contributed by atoms with Crippen LogP contribution >= 0.6 is 46.4 Å². The number of allylic oxidation sites excluding steroid dienone is 1. The number of hydroxylamine groups is 1. The van der Waals surface area contributed by atoms with Gasteiger partial charge >= 0.3 is 0 Å². The van der Waals surface area contributed by atoms with E-state index in [2.05, 4.69) is 17.6 Å². The number of nitrogens with one attached hydrogen (secondary N) is 1. The van der Waals surface area contributed by atoms with Gasteiger partial charge in [0.25, 0.3) is 0 Å². The van der Waals surface area contributed by atoms with Gasteiger partial charge in [0, 0.05) is 24.1 Å². The summed E-state index contributed by atoms with van der Waals surface area (Å²) in [5.41, 5.74) is 6.27. The van der Waals surface area contributed by atoms with Gasteiger partial charge in [-0.25, -0.2) is 0 Å². The molecule has 0 aromatic heterocycles. The van der Waals surface area contributed by atoms with Gasteiger partial charge in [-0.2, -0.15) is 0 Å². The largest absolute Gasteiger partial charge is 0.493 e. The van der Waals surface area contributed by atoms with E-state index in [0.717, 1.165) is 29.9 Å². The molecule has 0 bridgehead atoms. The third-order valence-electron chi connectivity index (χ3n) is 4.60. The average molecular weight is 519 g/mol. The van der Waals surface area contributed by atoms with Crippen LogP contribution in [0.15, 0.2) is 47.0 Å². The molecule has 2 aromatic rings. The van der Waals surface area contributed by atoms with Gasteiger partial charge in [-0.3, -0.25) is 10.3 Å². The Kier molecular flexibility index (Phi) is 9.69. The molecule has 9 heteroatoms. The monoisotopic (exact) mass is 517 g/mol. The molecule has 0 saturated carbocycles. The van der Waals surface area contributed by atoms with Crippen LogP contribution in [-0.4, -0.2) is 26.9 Å². The van der Waals surface area contributed by atoms with Crippen molar-refractivity contribution in [1.82, 2.24) is 5.48 Å². The maximum atomic E-state index is 6.28. The lowest BCUT2D eigenvalue weighted by atomic mass is 9.95. The van der Waals surface area contributed by atoms with Crippen molar-refractivity contribution in [2.45, 2.75) is 19.3 Å². The van der Waals surface area contributed by atoms with Gasteiger partial charge in [0.1, 0.15) is 22.6 Å². The van der Waals surface area contributed by atoms with Crippen molar-refractivity contribution in [2.75, 3.05) is 26.9 Å². The molecule has 1 N–H and O–H groups in total. The lowest BCUT2D eigenvalue weighted by molar-refractivity contribution is 0.136. The second-order valence-electron chi connectivity index (χ2n) is 6.85. The normalized spacial score (nSPS) is 12.5. The van der Waals surface area contributed by atoms with Crippen LogP contribution in [0, 0.1) is 0 Å². The molecule has 2 aromatic carbocycles. The van der Waals surface area contributed by atoms with Crippen molar-refractivity contribution in [3.05, 3.63) is 68.1 Å². The Balaban J connectivity index is 1.47. The predicted molar refractivity (Wildman–Crippen MR) is 130 cm³/mol. The third-order valence-corrected chi connectivity index (χ3v) is 5.47. The molecule has 0 radical (unpaired) electrons. The molecule has 0 aliphatic heterocycles. The van der Waals surface area contributed by atoms with Crippen LogP contribution in [0.25, 0.3) is 5.70 Å². The first-order valence-corrected chi connectivity index (χ1v) is 11.5. The third kappa shape index (κ3) is 7.12. The van der Waals surface area contributed by atoms with E-state index in [1.807, 2.05) is 12.1 Å². The first-order chi connectivity index (χ1) is 15.5. The van der Waals surface area contributed by atoms with Crippen molar-refractivity contribution in [3.63, 3.8) is 0 Å². The first kappa shape index (κ1) is 24.9. The highest BCUT2D eigenvalue weighted by Crippen LogP contribution is 2.37. The fourth-order valence-electron chi connectivity index (χ4n) is 3.20. The molecule has 1 aliphatic carbocycles. The van der Waals surface area contributed by atoms with E-state index in [1.165, 1.54) is 11.6 Å². The summed E-state index contributed by atoms with van der Waals surface area (Å²) in [6.07, 6.45) is 6.24. The Hall–Kier alpha value is -1.76. The Morgan fingerprint density at radius 1 is 1.00 bits per heavy atom. The quantitative estimate of drug-likeness (QED) is 0.257. The van der Waals surface area contributed by atoms with Crippen molar-refractivity contribution in [1.29, 1.82) is 0 Å². The summed E-state index contributed by atoms with van der Waals surface area (Å²) < 4.78 is 17.2. The average Bonchev–Trinajstić information content (AvgIpc) is 2.75. The van der Waals surface area contributed by atoms with E-state index >= 15 is 0 Å². The number of fused-ring (bicyclic) bond motifs is 1. The molecule has 32 heavy (non-hydrogen) atoms. The number of halogens is 4. The van der Waals surface area contributed by atoms with Crippen LogP contribution < -0.4 is 19.7 Å². The number of rotatable bonds is 11. The standard InChI is InChI=1S/C23H23Cl4NO4/c1-29-28-21-5-2-4-15-12-16(6-7-18(15)21)30-9-3-10-32-23-19(24)13-17(14-20(23)25)31-11-8-22(26)27/h5-8,12-14,28H,2-4,9-11H2,1H3. The Bertz CT molecular complexity index is 967. The number of aryl methyl sites for hydroxylation is 1. The molecule has 5 nitrogen and oxygen atoms in total. The van der Waals surface area contributed by atoms with Crippen molar-refractivity contribution in [3.8, 4) is 17.2 Å². The molecular formula is C23H23Cl4NO4. The summed E-state index contributed by atoms with van der Waals surface area (Å²) in [6, 6.07) is 9.32. The summed E-state index contributed by atoms with van der Waals surface area (Å²) in [4.78, 5) is 5.04. The molecule has 0 saturated heterocycles. The van der Waals surface area contributed by atoms with Crippen LogP contribution in [0.2, 0.25) is 10.0 Å². The van der Waals surface area contributed by atoms with Gasteiger partial charge in [0.05, 0.1) is 36.1 Å². The zero-order chi connectivity index (χ0) is 22.9. The van der Waals surface area contributed by atoms with Gasteiger partial charge in [-0.05, 0) is 42.7 Å². The highest BCUT2D eigenvalue weighted by Gasteiger charge is 2.14. The van der Waals surface area contributed by atoms with Crippen LogP contribution in [0.1, 0.15) is 24.0 Å². The number of benzene rings is 2. The summed E-state index contributed by atoms with van der Waals surface area (Å²) in [5.74, 6) is 1.73. The van der Waals surface area contributed by atoms with Gasteiger partial charge < -0.3 is 14.2 Å². The fraction of sp³-hybridized carbons (Fsp3) is 0.304. The van der Waals surface area contributed by atoms with E-state index in [0.29, 0.717) is 41.2 Å². The zero-order valence-corrected chi connectivity index (χ0v) is 20.5. The Morgan fingerprint density at radius 2 is 1.75 bits per heavy atom. The summed E-state index contributed by atoms with van der Waals surface area (Å²) in [6.45, 7) is 1.11. The van der Waals surface area contributed by atoms with Crippen molar-refractivity contribution in [2.24, 2.45) is 0 Å². The minimum absolute atomic E-state index is 0.129. The lowest BCUT2D eigenvalue weighted by Gasteiger charge is -2.19. The molecule has 0 heterocycles. The molecule has 3 rings (SSSR count). The number of hydrogen-bond donors (Lipinski definition) is 1. The van der Waals surface area contributed by atoms with Crippen LogP contribution in [0.5, 0.6) is 17.2 Å². The Labute approximate surface area is 207 Å². The van der Waals surface area contributed by atoms with Crippen molar-refractivity contribution >= 4 is 52.1 Å². The van der Waals surface area contributed by atoms with Gasteiger partial charge in [-0.1, -0.05) is 52.5 Å². The molecule has 0 amide bonds. The minimum atomic E-state index is 0.129. The molecule has 1 aliphatic rings. The maximum absolute atomic E-state index is 6.28. The number of hydrogen-bond acceptors (Lipinski definition) is 5. The fourth-order valence-corrected chi connectivity index (χ4v) is 3.90. The van der Waals surface area contributed by atoms with E-state index in [-0.39, 0.29) is 11.1 Å². The summed E-state index contributed by atoms with van der Waals surface area (Å²) >= 11 is 23.7. The first-order valence-electron chi connectivity index (χ1n) is 9.99. The molecule has 0 unspecified atom stereocenters. The highest BCUT2D eigenvalue weighted by molar-refractivity contribution is 6.55. The molecule has 0 spiro atoms. The lowest BCUT2D eigenvalue weighted by Crippen LogP contribution is -2.14. The van der Waals surface area contributed by atoms with E-state index in [4.69, 9.17) is 65.5 Å². The minimum Gasteiger partial charge on any atom is -0.493 e. The van der Waals surface area contributed by atoms with Crippen LogP contribution in [-0.2, 0) is 11.3 Å². The number of ether oxygens (including phenoxy) is 3. The second-order valence-corrected chi connectivity index (χ2v) is 8.68.